The number of phenolic OH excluding ortho intramolecular Hbond substituents is 1. The summed E-state index contributed by atoms with van der Waals surface area (Å²) in [6.07, 6.45) is 2.53. The van der Waals surface area contributed by atoms with Gasteiger partial charge in [0.2, 0.25) is 0 Å². The predicted molar refractivity (Wildman–Crippen MR) is 113 cm³/mol. The van der Waals surface area contributed by atoms with Crippen LogP contribution in [0.3, 0.4) is 0 Å². The van der Waals surface area contributed by atoms with E-state index in [1.807, 2.05) is 32.0 Å². The van der Waals surface area contributed by atoms with E-state index in [-0.39, 0.29) is 22.7 Å². The molecule has 0 fully saturated rings. The van der Waals surface area contributed by atoms with Crippen molar-refractivity contribution in [1.29, 1.82) is 0 Å². The molecule has 0 spiro atoms. The van der Waals surface area contributed by atoms with Crippen molar-refractivity contribution in [2.24, 2.45) is 0 Å². The highest BCUT2D eigenvalue weighted by Gasteiger charge is 2.35. The topological polar surface area (TPSA) is 113 Å². The van der Waals surface area contributed by atoms with Crippen molar-refractivity contribution < 1.29 is 24.7 Å². The van der Waals surface area contributed by atoms with Crippen LogP contribution in [0, 0.1) is 0 Å². The standard InChI is InChI=1S/C22H29NO5S/c1-21(2,12-11-16-7-5-4-6-8-16)23-15-22(27,14-20(25)26)17-9-10-18(24)19(13-17)29(3)28/h4-10,13,23-24,27H,11-12,14-15H2,1-3H3,(H,25,26). The molecule has 29 heavy (non-hydrogen) atoms. The number of rotatable bonds is 10. The molecule has 0 saturated carbocycles. The summed E-state index contributed by atoms with van der Waals surface area (Å²) in [6.45, 7) is 4.00. The second kappa shape index (κ2) is 9.63. The zero-order valence-corrected chi connectivity index (χ0v) is 17.8. The third-order valence-electron chi connectivity index (χ3n) is 4.99. The summed E-state index contributed by atoms with van der Waals surface area (Å²) in [5.41, 5.74) is -0.557. The van der Waals surface area contributed by atoms with Crippen molar-refractivity contribution in [1.82, 2.24) is 5.32 Å². The van der Waals surface area contributed by atoms with Gasteiger partial charge in [0.25, 0.3) is 0 Å². The van der Waals surface area contributed by atoms with Gasteiger partial charge in [0.15, 0.2) is 10.6 Å². The monoisotopic (exact) mass is 419 g/mol. The van der Waals surface area contributed by atoms with Gasteiger partial charge in [-0.1, -0.05) is 36.4 Å². The van der Waals surface area contributed by atoms with Crippen molar-refractivity contribution in [3.63, 3.8) is 0 Å². The number of hydrogen-bond acceptors (Lipinski definition) is 5. The Morgan fingerprint density at radius 2 is 1.83 bits per heavy atom. The van der Waals surface area contributed by atoms with E-state index in [0.717, 1.165) is 12.8 Å². The zero-order chi connectivity index (χ0) is 21.7. The van der Waals surface area contributed by atoms with Gasteiger partial charge < -0.3 is 25.2 Å². The van der Waals surface area contributed by atoms with Gasteiger partial charge in [-0.3, -0.25) is 4.79 Å². The van der Waals surface area contributed by atoms with E-state index in [1.165, 1.54) is 30.0 Å². The minimum Gasteiger partial charge on any atom is -0.612 e. The predicted octanol–water partition coefficient (Wildman–Crippen LogP) is 2.79. The van der Waals surface area contributed by atoms with Gasteiger partial charge >= 0.3 is 5.97 Å². The number of aliphatic hydroxyl groups is 1. The Morgan fingerprint density at radius 1 is 1.17 bits per heavy atom. The molecule has 2 atom stereocenters. The fraction of sp³-hybridized carbons (Fsp3) is 0.409. The molecule has 2 unspecified atom stereocenters. The molecule has 2 aromatic rings. The van der Waals surface area contributed by atoms with Crippen molar-refractivity contribution in [3.8, 4) is 5.75 Å². The van der Waals surface area contributed by atoms with E-state index in [0.29, 0.717) is 5.56 Å². The highest BCUT2D eigenvalue weighted by Crippen LogP contribution is 2.32. The Morgan fingerprint density at radius 3 is 2.41 bits per heavy atom. The average molecular weight is 420 g/mol. The smallest absolute Gasteiger partial charge is 0.306 e. The molecule has 0 heterocycles. The van der Waals surface area contributed by atoms with Crippen molar-refractivity contribution in [2.75, 3.05) is 12.8 Å². The van der Waals surface area contributed by atoms with Crippen LogP contribution in [-0.4, -0.2) is 44.2 Å². The molecule has 0 bridgehead atoms. The van der Waals surface area contributed by atoms with E-state index in [2.05, 4.69) is 17.4 Å². The fourth-order valence-corrected chi connectivity index (χ4v) is 3.78. The van der Waals surface area contributed by atoms with Gasteiger partial charge in [-0.2, -0.15) is 0 Å². The van der Waals surface area contributed by atoms with Crippen LogP contribution in [0.2, 0.25) is 0 Å². The van der Waals surface area contributed by atoms with E-state index in [1.54, 1.807) is 0 Å². The second-order valence-corrected chi connectivity index (χ2v) is 9.31. The summed E-state index contributed by atoms with van der Waals surface area (Å²) in [4.78, 5) is 11.6. The average Bonchev–Trinajstić information content (AvgIpc) is 2.65. The lowest BCUT2D eigenvalue weighted by atomic mass is 9.88. The molecule has 0 aliphatic carbocycles. The number of aromatic hydroxyl groups is 1. The maximum absolute atomic E-state index is 11.8. The summed E-state index contributed by atoms with van der Waals surface area (Å²) >= 11 is -1.47. The molecule has 7 heteroatoms. The normalized spacial score (nSPS) is 14.9. The Balaban J connectivity index is 2.17. The SMILES string of the molecule is C[S+]([O-])c1cc(C(O)(CNC(C)(C)CCc2ccccc2)CC(=O)O)ccc1O. The van der Waals surface area contributed by atoms with Gasteiger partial charge in [-0.05, 0) is 55.1 Å². The van der Waals surface area contributed by atoms with E-state index in [9.17, 15) is 24.7 Å². The molecule has 4 N–H and O–H groups in total. The number of carbonyl (C=O) groups is 1. The molecule has 0 amide bonds. The minimum absolute atomic E-state index is 0.00164. The van der Waals surface area contributed by atoms with E-state index >= 15 is 0 Å². The number of phenols is 1. The van der Waals surface area contributed by atoms with Gasteiger partial charge in [0.05, 0.1) is 6.42 Å². The first kappa shape index (κ1) is 23.2. The van der Waals surface area contributed by atoms with Crippen LogP contribution < -0.4 is 5.32 Å². The summed E-state index contributed by atoms with van der Waals surface area (Å²) in [5.74, 6) is -1.30. The molecule has 6 nitrogen and oxygen atoms in total. The van der Waals surface area contributed by atoms with Gasteiger partial charge in [-0.25, -0.2) is 0 Å². The molecule has 0 radical (unpaired) electrons. The molecule has 0 aliphatic heterocycles. The molecule has 0 aromatic heterocycles. The summed E-state index contributed by atoms with van der Waals surface area (Å²) in [5, 5.41) is 33.7. The van der Waals surface area contributed by atoms with Crippen molar-refractivity contribution >= 4 is 17.1 Å². The first-order chi connectivity index (χ1) is 13.5. The summed E-state index contributed by atoms with van der Waals surface area (Å²) in [6, 6.07) is 14.3. The first-order valence-electron chi connectivity index (χ1n) is 9.42. The Hall–Kier alpha value is -2.06. The maximum atomic E-state index is 11.8. The van der Waals surface area contributed by atoms with Crippen LogP contribution >= 0.6 is 0 Å². The molecule has 158 valence electrons. The van der Waals surface area contributed by atoms with Gasteiger partial charge in [-0.15, -0.1) is 0 Å². The van der Waals surface area contributed by atoms with Crippen molar-refractivity contribution in [2.45, 2.75) is 49.1 Å². The maximum Gasteiger partial charge on any atom is 0.306 e. The second-order valence-electron chi connectivity index (χ2n) is 7.96. The van der Waals surface area contributed by atoms with Crippen LogP contribution in [0.25, 0.3) is 0 Å². The summed E-state index contributed by atoms with van der Waals surface area (Å²) in [7, 11) is 0. The highest BCUT2D eigenvalue weighted by atomic mass is 32.2. The van der Waals surface area contributed by atoms with Crippen LogP contribution in [0.4, 0.5) is 0 Å². The third kappa shape index (κ3) is 6.75. The Kier molecular flexibility index (Phi) is 7.71. The Labute approximate surface area is 174 Å². The third-order valence-corrected chi connectivity index (χ3v) is 5.94. The van der Waals surface area contributed by atoms with Crippen LogP contribution in [0.15, 0.2) is 53.4 Å². The number of carboxylic acid groups (broad SMARTS) is 1. The van der Waals surface area contributed by atoms with Gasteiger partial charge in [0.1, 0.15) is 11.9 Å². The fourth-order valence-electron chi connectivity index (χ4n) is 3.13. The lowest BCUT2D eigenvalue weighted by molar-refractivity contribution is -0.143. The highest BCUT2D eigenvalue weighted by molar-refractivity contribution is 7.90. The van der Waals surface area contributed by atoms with Crippen LogP contribution in [-0.2, 0) is 28.0 Å². The number of aryl methyl sites for hydroxylation is 1. The quantitative estimate of drug-likeness (QED) is 0.441. The van der Waals surface area contributed by atoms with Crippen LogP contribution in [0.5, 0.6) is 5.75 Å². The lowest BCUT2D eigenvalue weighted by Crippen LogP contribution is -2.48. The van der Waals surface area contributed by atoms with Crippen molar-refractivity contribution in [3.05, 3.63) is 59.7 Å². The molecule has 2 rings (SSSR count). The number of benzene rings is 2. The molecule has 0 aliphatic rings. The van der Waals surface area contributed by atoms with E-state index in [4.69, 9.17) is 0 Å². The number of hydrogen-bond donors (Lipinski definition) is 4. The Bertz CT molecular complexity index is 825. The van der Waals surface area contributed by atoms with E-state index < -0.39 is 29.2 Å². The largest absolute Gasteiger partial charge is 0.612 e. The van der Waals surface area contributed by atoms with Gasteiger partial charge in [0, 0.05) is 18.2 Å². The number of carboxylic acids is 1. The lowest BCUT2D eigenvalue weighted by Gasteiger charge is -2.34. The molecular weight excluding hydrogens is 390 g/mol. The molecule has 2 aromatic carbocycles. The van der Waals surface area contributed by atoms with Crippen LogP contribution in [0.1, 0.15) is 37.8 Å². The first-order valence-corrected chi connectivity index (χ1v) is 11.0. The number of aliphatic carboxylic acids is 1. The minimum atomic E-state index is -1.71. The molecule has 0 saturated heterocycles. The molecular formula is C22H29NO5S. The number of β-amino-alcohol motifs (C(OH)–C–C–N with tert-alkyl or cyclic N) is 1. The number of nitrogens with one attached hydrogen (secondary N) is 1. The zero-order valence-electron chi connectivity index (χ0n) is 17.0. The summed E-state index contributed by atoms with van der Waals surface area (Å²) < 4.78 is 11.8.